The topological polar surface area (TPSA) is 42.1 Å². The van der Waals surface area contributed by atoms with Gasteiger partial charge < -0.3 is 10.6 Å². The zero-order chi connectivity index (χ0) is 11.1. The summed E-state index contributed by atoms with van der Waals surface area (Å²) in [4.78, 5) is 6.65. The van der Waals surface area contributed by atoms with E-state index in [9.17, 15) is 0 Å². The minimum absolute atomic E-state index is 0.247. The van der Waals surface area contributed by atoms with Gasteiger partial charge in [0, 0.05) is 24.0 Å². The Hall–Kier alpha value is -0.450. The third-order valence-corrected chi connectivity index (χ3v) is 3.43. The van der Waals surface area contributed by atoms with Gasteiger partial charge in [0.25, 0.3) is 0 Å². The van der Waals surface area contributed by atoms with Crippen molar-refractivity contribution in [1.29, 1.82) is 0 Å². The molecule has 1 aromatic heterocycles. The van der Waals surface area contributed by atoms with E-state index in [1.54, 1.807) is 11.3 Å². The second kappa shape index (κ2) is 6.93. The van der Waals surface area contributed by atoms with Crippen LogP contribution in [0.2, 0.25) is 0 Å². The van der Waals surface area contributed by atoms with E-state index in [0.29, 0.717) is 0 Å². The Morgan fingerprint density at radius 3 is 2.73 bits per heavy atom. The van der Waals surface area contributed by atoms with Crippen LogP contribution in [-0.4, -0.2) is 35.6 Å². The van der Waals surface area contributed by atoms with Gasteiger partial charge >= 0.3 is 0 Å². The van der Waals surface area contributed by atoms with Gasteiger partial charge in [0.2, 0.25) is 0 Å². The molecule has 1 rings (SSSR count). The lowest BCUT2D eigenvalue weighted by Crippen LogP contribution is -2.31. The van der Waals surface area contributed by atoms with Crippen molar-refractivity contribution in [3.8, 4) is 0 Å². The first-order valence-electron chi connectivity index (χ1n) is 5.62. The molecular weight excluding hydrogens is 206 g/mol. The molecule has 1 aromatic rings. The Labute approximate surface area is 96.3 Å². The molecule has 0 radical (unpaired) electrons. The quantitative estimate of drug-likeness (QED) is 0.771. The van der Waals surface area contributed by atoms with E-state index in [4.69, 9.17) is 5.73 Å². The van der Waals surface area contributed by atoms with Crippen molar-refractivity contribution in [2.75, 3.05) is 19.6 Å². The number of hydrogen-bond acceptors (Lipinski definition) is 4. The summed E-state index contributed by atoms with van der Waals surface area (Å²) in [5.74, 6) is 0. The maximum atomic E-state index is 6.06. The predicted molar refractivity (Wildman–Crippen MR) is 66.2 cm³/mol. The van der Waals surface area contributed by atoms with Crippen LogP contribution in [0.4, 0.5) is 0 Å². The van der Waals surface area contributed by atoms with Crippen LogP contribution in [0.15, 0.2) is 11.6 Å². The molecule has 0 spiro atoms. The molecule has 1 atom stereocenters. The van der Waals surface area contributed by atoms with E-state index >= 15 is 0 Å². The van der Waals surface area contributed by atoms with Crippen molar-refractivity contribution >= 4 is 11.3 Å². The van der Waals surface area contributed by atoms with Crippen LogP contribution in [0, 0.1) is 0 Å². The van der Waals surface area contributed by atoms with Crippen molar-refractivity contribution < 1.29 is 0 Å². The lowest BCUT2D eigenvalue weighted by Gasteiger charge is -2.20. The van der Waals surface area contributed by atoms with Crippen LogP contribution in [0.3, 0.4) is 0 Å². The van der Waals surface area contributed by atoms with Gasteiger partial charge in [0.05, 0.1) is 5.01 Å². The van der Waals surface area contributed by atoms with Crippen LogP contribution >= 0.6 is 11.3 Å². The number of aromatic nitrogens is 1. The molecular formula is C11H21N3S. The number of hydrogen-bond donors (Lipinski definition) is 1. The first-order chi connectivity index (χ1) is 7.26. The zero-order valence-corrected chi connectivity index (χ0v) is 10.5. The fourth-order valence-corrected chi connectivity index (χ4v) is 2.28. The van der Waals surface area contributed by atoms with E-state index in [0.717, 1.165) is 37.5 Å². The van der Waals surface area contributed by atoms with Gasteiger partial charge in [0.1, 0.15) is 0 Å². The SMILES string of the molecule is CCN(CC)CCC(N)Cc1nccs1. The molecule has 0 aliphatic carbocycles. The summed E-state index contributed by atoms with van der Waals surface area (Å²) in [6, 6.07) is 0.247. The van der Waals surface area contributed by atoms with Crippen LogP contribution < -0.4 is 5.73 Å². The Morgan fingerprint density at radius 2 is 2.20 bits per heavy atom. The Bertz CT molecular complexity index is 244. The lowest BCUT2D eigenvalue weighted by molar-refractivity contribution is 0.290. The molecule has 0 fully saturated rings. The van der Waals surface area contributed by atoms with Gasteiger partial charge in [-0.1, -0.05) is 13.8 Å². The Morgan fingerprint density at radius 1 is 1.47 bits per heavy atom. The van der Waals surface area contributed by atoms with E-state index in [2.05, 4.69) is 23.7 Å². The lowest BCUT2D eigenvalue weighted by atomic mass is 10.1. The van der Waals surface area contributed by atoms with Crippen molar-refractivity contribution in [3.05, 3.63) is 16.6 Å². The third-order valence-electron chi connectivity index (χ3n) is 2.63. The molecule has 0 aliphatic rings. The first-order valence-corrected chi connectivity index (χ1v) is 6.50. The molecule has 86 valence electrons. The summed E-state index contributed by atoms with van der Waals surface area (Å²) in [6.07, 6.45) is 3.82. The van der Waals surface area contributed by atoms with Crippen molar-refractivity contribution in [2.24, 2.45) is 5.73 Å². The van der Waals surface area contributed by atoms with Crippen molar-refractivity contribution in [2.45, 2.75) is 32.7 Å². The van der Waals surface area contributed by atoms with Gasteiger partial charge in [0.15, 0.2) is 0 Å². The second-order valence-corrected chi connectivity index (χ2v) is 4.68. The van der Waals surface area contributed by atoms with E-state index in [1.807, 2.05) is 11.6 Å². The zero-order valence-electron chi connectivity index (χ0n) is 9.65. The molecule has 1 unspecified atom stereocenters. The van der Waals surface area contributed by atoms with E-state index in [1.165, 1.54) is 0 Å². The molecule has 0 saturated heterocycles. The van der Waals surface area contributed by atoms with Crippen LogP contribution in [0.25, 0.3) is 0 Å². The number of nitrogens with zero attached hydrogens (tertiary/aromatic N) is 2. The molecule has 0 aromatic carbocycles. The molecule has 0 amide bonds. The maximum absolute atomic E-state index is 6.06. The minimum atomic E-state index is 0.247. The molecule has 0 bridgehead atoms. The normalized spacial score (nSPS) is 13.3. The fraction of sp³-hybridized carbons (Fsp3) is 0.727. The number of nitrogens with two attached hydrogens (primary N) is 1. The number of thiazole rings is 1. The summed E-state index contributed by atoms with van der Waals surface area (Å²) in [6.45, 7) is 7.70. The maximum Gasteiger partial charge on any atom is 0.0940 e. The van der Waals surface area contributed by atoms with Gasteiger partial charge in [-0.15, -0.1) is 11.3 Å². The summed E-state index contributed by atoms with van der Waals surface area (Å²) in [5, 5.41) is 3.16. The predicted octanol–water partition coefficient (Wildman–Crippen LogP) is 1.74. The highest BCUT2D eigenvalue weighted by atomic mass is 32.1. The number of rotatable bonds is 7. The molecule has 15 heavy (non-hydrogen) atoms. The highest BCUT2D eigenvalue weighted by Gasteiger charge is 2.07. The van der Waals surface area contributed by atoms with Gasteiger partial charge in [-0.05, 0) is 26.1 Å². The average molecular weight is 227 g/mol. The molecule has 3 nitrogen and oxygen atoms in total. The van der Waals surface area contributed by atoms with Gasteiger partial charge in [-0.3, -0.25) is 0 Å². The summed E-state index contributed by atoms with van der Waals surface area (Å²) >= 11 is 1.69. The standard InChI is InChI=1S/C11H21N3S/c1-3-14(4-2)7-5-10(12)9-11-13-6-8-15-11/h6,8,10H,3-5,7,9,12H2,1-2H3. The Balaban J connectivity index is 2.21. The summed E-state index contributed by atoms with van der Waals surface area (Å²) in [7, 11) is 0. The van der Waals surface area contributed by atoms with E-state index < -0.39 is 0 Å². The van der Waals surface area contributed by atoms with Gasteiger partial charge in [-0.25, -0.2) is 4.98 Å². The second-order valence-electron chi connectivity index (χ2n) is 3.71. The molecule has 0 saturated carbocycles. The smallest absolute Gasteiger partial charge is 0.0940 e. The summed E-state index contributed by atoms with van der Waals surface area (Å²) in [5.41, 5.74) is 6.06. The summed E-state index contributed by atoms with van der Waals surface area (Å²) < 4.78 is 0. The third kappa shape index (κ3) is 4.73. The molecule has 1 heterocycles. The minimum Gasteiger partial charge on any atom is -0.327 e. The molecule has 2 N–H and O–H groups in total. The highest BCUT2D eigenvalue weighted by molar-refractivity contribution is 7.09. The highest BCUT2D eigenvalue weighted by Crippen LogP contribution is 2.08. The Kier molecular flexibility index (Phi) is 5.83. The van der Waals surface area contributed by atoms with E-state index in [-0.39, 0.29) is 6.04 Å². The van der Waals surface area contributed by atoms with Crippen LogP contribution in [-0.2, 0) is 6.42 Å². The largest absolute Gasteiger partial charge is 0.327 e. The van der Waals surface area contributed by atoms with Gasteiger partial charge in [-0.2, -0.15) is 0 Å². The molecule has 0 aliphatic heterocycles. The van der Waals surface area contributed by atoms with Crippen LogP contribution in [0.1, 0.15) is 25.3 Å². The monoisotopic (exact) mass is 227 g/mol. The average Bonchev–Trinajstić information content (AvgIpc) is 2.72. The van der Waals surface area contributed by atoms with Crippen molar-refractivity contribution in [3.63, 3.8) is 0 Å². The first kappa shape index (κ1) is 12.6. The van der Waals surface area contributed by atoms with Crippen molar-refractivity contribution in [1.82, 2.24) is 9.88 Å². The fourth-order valence-electron chi connectivity index (χ4n) is 1.57. The molecule has 4 heteroatoms. The van der Waals surface area contributed by atoms with Crippen LogP contribution in [0.5, 0.6) is 0 Å².